The highest BCUT2D eigenvalue weighted by Crippen LogP contribution is 2.21. The quantitative estimate of drug-likeness (QED) is 0.897. The smallest absolute Gasteiger partial charge is 0.328 e. The summed E-state index contributed by atoms with van der Waals surface area (Å²) >= 11 is 3.35. The van der Waals surface area contributed by atoms with Crippen LogP contribution in [-0.4, -0.2) is 29.8 Å². The molecule has 1 aliphatic rings. The third-order valence-electron chi connectivity index (χ3n) is 2.75. The van der Waals surface area contributed by atoms with E-state index in [0.29, 0.717) is 6.61 Å². The zero-order valence-electron chi connectivity index (χ0n) is 9.23. The number of anilines is 1. The summed E-state index contributed by atoms with van der Waals surface area (Å²) < 4.78 is 6.34. The van der Waals surface area contributed by atoms with Crippen LogP contribution in [0, 0.1) is 0 Å². The summed E-state index contributed by atoms with van der Waals surface area (Å²) in [7, 11) is 0. The van der Waals surface area contributed by atoms with E-state index in [-0.39, 0.29) is 6.10 Å². The Morgan fingerprint density at radius 1 is 1.59 bits per heavy atom. The van der Waals surface area contributed by atoms with Crippen molar-refractivity contribution in [2.24, 2.45) is 0 Å². The second kappa shape index (κ2) is 5.51. The average Bonchev–Trinajstić information content (AvgIpc) is 2.78. The molecule has 0 amide bonds. The Balaban J connectivity index is 2.09. The number of hydrogen-bond donors (Lipinski definition) is 2. The SMILES string of the molecule is O=C(O)C(Nc1cccc(Br)c1)C1CCCO1. The van der Waals surface area contributed by atoms with Gasteiger partial charge in [0.25, 0.3) is 0 Å². The normalized spacial score (nSPS) is 21.1. The minimum Gasteiger partial charge on any atom is -0.480 e. The van der Waals surface area contributed by atoms with Gasteiger partial charge in [0.1, 0.15) is 0 Å². The van der Waals surface area contributed by atoms with Crippen molar-refractivity contribution in [2.75, 3.05) is 11.9 Å². The molecule has 1 fully saturated rings. The van der Waals surface area contributed by atoms with E-state index in [9.17, 15) is 9.90 Å². The predicted octanol–water partition coefficient (Wildman–Crippen LogP) is 2.49. The average molecular weight is 300 g/mol. The predicted molar refractivity (Wildman–Crippen MR) is 68.2 cm³/mol. The lowest BCUT2D eigenvalue weighted by atomic mass is 10.1. The van der Waals surface area contributed by atoms with Crippen molar-refractivity contribution >= 4 is 27.6 Å². The largest absolute Gasteiger partial charge is 0.480 e. The van der Waals surface area contributed by atoms with Gasteiger partial charge in [-0.25, -0.2) is 4.79 Å². The van der Waals surface area contributed by atoms with Crippen LogP contribution in [0.3, 0.4) is 0 Å². The molecular weight excluding hydrogens is 286 g/mol. The highest BCUT2D eigenvalue weighted by molar-refractivity contribution is 9.10. The first-order chi connectivity index (χ1) is 8.16. The van der Waals surface area contributed by atoms with E-state index in [1.807, 2.05) is 24.3 Å². The van der Waals surface area contributed by atoms with Crippen molar-refractivity contribution < 1.29 is 14.6 Å². The number of nitrogens with one attached hydrogen (secondary N) is 1. The molecule has 2 N–H and O–H groups in total. The lowest BCUT2D eigenvalue weighted by molar-refractivity contribution is -0.140. The Bertz CT molecular complexity index is 404. The number of hydrogen-bond acceptors (Lipinski definition) is 3. The summed E-state index contributed by atoms with van der Waals surface area (Å²) in [6.45, 7) is 0.647. The molecule has 1 aromatic rings. The molecule has 0 aromatic heterocycles. The summed E-state index contributed by atoms with van der Waals surface area (Å²) in [6.07, 6.45) is 1.47. The summed E-state index contributed by atoms with van der Waals surface area (Å²) in [6, 6.07) is 6.76. The monoisotopic (exact) mass is 299 g/mol. The molecule has 1 heterocycles. The number of benzene rings is 1. The lowest BCUT2D eigenvalue weighted by Gasteiger charge is -2.21. The first kappa shape index (κ1) is 12.4. The minimum absolute atomic E-state index is 0.244. The Kier molecular flexibility index (Phi) is 4.02. The fourth-order valence-corrected chi connectivity index (χ4v) is 2.34. The van der Waals surface area contributed by atoms with E-state index in [4.69, 9.17) is 4.74 Å². The van der Waals surface area contributed by atoms with Gasteiger partial charge < -0.3 is 15.2 Å². The molecule has 0 radical (unpaired) electrons. The van der Waals surface area contributed by atoms with E-state index in [1.165, 1.54) is 0 Å². The summed E-state index contributed by atoms with van der Waals surface area (Å²) in [5.74, 6) is -0.878. The van der Waals surface area contributed by atoms with E-state index >= 15 is 0 Å². The van der Waals surface area contributed by atoms with Crippen LogP contribution < -0.4 is 5.32 Å². The zero-order valence-corrected chi connectivity index (χ0v) is 10.8. The van der Waals surface area contributed by atoms with Crippen LogP contribution in [0.5, 0.6) is 0 Å². The highest BCUT2D eigenvalue weighted by Gasteiger charge is 2.31. The topological polar surface area (TPSA) is 58.6 Å². The van der Waals surface area contributed by atoms with Crippen LogP contribution in [-0.2, 0) is 9.53 Å². The van der Waals surface area contributed by atoms with Gasteiger partial charge in [0, 0.05) is 16.8 Å². The minimum atomic E-state index is -0.878. The molecule has 0 saturated carbocycles. The van der Waals surface area contributed by atoms with E-state index in [2.05, 4.69) is 21.2 Å². The maximum Gasteiger partial charge on any atom is 0.328 e. The third kappa shape index (κ3) is 3.20. The summed E-state index contributed by atoms with van der Waals surface area (Å²) in [4.78, 5) is 11.2. The number of carboxylic acid groups (broad SMARTS) is 1. The van der Waals surface area contributed by atoms with E-state index < -0.39 is 12.0 Å². The molecular formula is C12H14BrNO3. The Labute approximate surface area is 108 Å². The first-order valence-electron chi connectivity index (χ1n) is 5.53. The number of carboxylic acids is 1. The maximum atomic E-state index is 11.2. The molecule has 0 spiro atoms. The molecule has 4 nitrogen and oxygen atoms in total. The molecule has 1 saturated heterocycles. The molecule has 2 unspecified atom stereocenters. The van der Waals surface area contributed by atoms with Crippen LogP contribution in [0.15, 0.2) is 28.7 Å². The second-order valence-corrected chi connectivity index (χ2v) is 4.94. The van der Waals surface area contributed by atoms with Crippen molar-refractivity contribution in [2.45, 2.75) is 25.0 Å². The second-order valence-electron chi connectivity index (χ2n) is 4.02. The van der Waals surface area contributed by atoms with Crippen molar-refractivity contribution in [3.63, 3.8) is 0 Å². The number of rotatable bonds is 4. The van der Waals surface area contributed by atoms with Gasteiger partial charge in [0.2, 0.25) is 0 Å². The molecule has 17 heavy (non-hydrogen) atoms. The number of carbonyl (C=O) groups is 1. The molecule has 1 aliphatic heterocycles. The molecule has 2 atom stereocenters. The molecule has 0 aliphatic carbocycles. The highest BCUT2D eigenvalue weighted by atomic mass is 79.9. The van der Waals surface area contributed by atoms with Crippen LogP contribution >= 0.6 is 15.9 Å². The van der Waals surface area contributed by atoms with Gasteiger partial charge in [-0.3, -0.25) is 0 Å². The van der Waals surface area contributed by atoms with Crippen molar-refractivity contribution in [1.82, 2.24) is 0 Å². The van der Waals surface area contributed by atoms with Crippen molar-refractivity contribution in [3.8, 4) is 0 Å². The molecule has 0 bridgehead atoms. The molecule has 92 valence electrons. The molecule has 2 rings (SSSR count). The molecule has 5 heteroatoms. The van der Waals surface area contributed by atoms with E-state index in [0.717, 1.165) is 23.0 Å². The van der Waals surface area contributed by atoms with Crippen LogP contribution in [0.25, 0.3) is 0 Å². The van der Waals surface area contributed by atoms with Gasteiger partial charge in [-0.1, -0.05) is 22.0 Å². The number of ether oxygens (including phenoxy) is 1. The van der Waals surface area contributed by atoms with E-state index in [1.54, 1.807) is 0 Å². The third-order valence-corrected chi connectivity index (χ3v) is 3.24. The van der Waals surface area contributed by atoms with Gasteiger partial charge in [-0.2, -0.15) is 0 Å². The molecule has 1 aromatic carbocycles. The van der Waals surface area contributed by atoms with Gasteiger partial charge in [-0.15, -0.1) is 0 Å². The van der Waals surface area contributed by atoms with Gasteiger partial charge in [0.15, 0.2) is 6.04 Å². The fourth-order valence-electron chi connectivity index (χ4n) is 1.94. The van der Waals surface area contributed by atoms with Crippen molar-refractivity contribution in [1.29, 1.82) is 0 Å². The number of halogens is 1. The lowest BCUT2D eigenvalue weighted by Crippen LogP contribution is -2.40. The standard InChI is InChI=1S/C12H14BrNO3/c13-8-3-1-4-9(7-8)14-11(12(15)16)10-5-2-6-17-10/h1,3-4,7,10-11,14H,2,5-6H2,(H,15,16). The summed E-state index contributed by atoms with van der Waals surface area (Å²) in [5.41, 5.74) is 0.780. The van der Waals surface area contributed by atoms with Crippen LogP contribution in [0.2, 0.25) is 0 Å². The maximum absolute atomic E-state index is 11.2. The number of aliphatic carboxylic acids is 1. The van der Waals surface area contributed by atoms with Gasteiger partial charge in [-0.05, 0) is 31.0 Å². The first-order valence-corrected chi connectivity index (χ1v) is 6.32. The zero-order chi connectivity index (χ0) is 12.3. The van der Waals surface area contributed by atoms with Crippen LogP contribution in [0.4, 0.5) is 5.69 Å². The van der Waals surface area contributed by atoms with Crippen molar-refractivity contribution in [3.05, 3.63) is 28.7 Å². The Hall–Kier alpha value is -1.07. The Morgan fingerprint density at radius 3 is 3.00 bits per heavy atom. The van der Waals surface area contributed by atoms with Gasteiger partial charge in [0.05, 0.1) is 6.10 Å². The van der Waals surface area contributed by atoms with Crippen LogP contribution in [0.1, 0.15) is 12.8 Å². The fraction of sp³-hybridized carbons (Fsp3) is 0.417. The summed E-state index contributed by atoms with van der Waals surface area (Å²) in [5, 5.41) is 12.2. The van der Waals surface area contributed by atoms with Gasteiger partial charge >= 0.3 is 5.97 Å². The Morgan fingerprint density at radius 2 is 2.41 bits per heavy atom.